The average molecular weight is 794 g/mol. The number of aromatic nitrogens is 8. The first-order valence-electron chi connectivity index (χ1n) is 13.3. The van der Waals surface area contributed by atoms with Gasteiger partial charge in [0.1, 0.15) is 39.1 Å². The Balaban J connectivity index is 0.000000176. The fourth-order valence-corrected chi connectivity index (χ4v) is 4.76. The summed E-state index contributed by atoms with van der Waals surface area (Å²) in [5, 5.41) is 5.14. The lowest BCUT2D eigenvalue weighted by Crippen LogP contribution is -2.30. The number of nitrogens with zero attached hydrogens (tertiary/aromatic N) is 7. The number of anilines is 2. The number of imidazole rings is 1. The van der Waals surface area contributed by atoms with E-state index in [0.717, 1.165) is 0 Å². The molecule has 0 saturated heterocycles. The molecule has 0 aliphatic carbocycles. The van der Waals surface area contributed by atoms with E-state index >= 15 is 0 Å². The minimum Gasteiger partial charge on any atom is -0.315 e. The summed E-state index contributed by atoms with van der Waals surface area (Å²) in [5.41, 5.74) is -0.957. The molecular formula is C27H24Br2ClN11O6. The van der Waals surface area contributed by atoms with E-state index in [9.17, 15) is 28.8 Å². The summed E-state index contributed by atoms with van der Waals surface area (Å²) in [7, 11) is 3.07. The van der Waals surface area contributed by atoms with Gasteiger partial charge in [0.05, 0.1) is 11.9 Å². The van der Waals surface area contributed by atoms with Crippen LogP contribution in [0.2, 0.25) is 0 Å². The van der Waals surface area contributed by atoms with Crippen LogP contribution >= 0.6 is 43.5 Å². The Morgan fingerprint density at radius 1 is 0.872 bits per heavy atom. The van der Waals surface area contributed by atoms with Crippen LogP contribution in [0.3, 0.4) is 0 Å². The van der Waals surface area contributed by atoms with E-state index in [0.29, 0.717) is 38.6 Å². The first-order valence-corrected chi connectivity index (χ1v) is 15.4. The molecule has 0 fully saturated rings. The van der Waals surface area contributed by atoms with Gasteiger partial charge >= 0.3 is 11.4 Å². The number of aliphatic imine (C=N–C) groups is 1. The Kier molecular flexibility index (Phi) is 11.5. The molecule has 6 heterocycles. The van der Waals surface area contributed by atoms with Gasteiger partial charge in [0.15, 0.2) is 11.2 Å². The molecule has 5 aromatic heterocycles. The molecule has 1 aliphatic heterocycles. The summed E-state index contributed by atoms with van der Waals surface area (Å²) >= 11 is 11.7. The van der Waals surface area contributed by atoms with Gasteiger partial charge in [-0.1, -0.05) is 12.1 Å². The van der Waals surface area contributed by atoms with Gasteiger partial charge in [-0.05, 0) is 56.1 Å². The third kappa shape index (κ3) is 8.83. The van der Waals surface area contributed by atoms with Gasteiger partial charge in [-0.15, -0.1) is 11.6 Å². The monoisotopic (exact) mass is 791 g/mol. The fourth-order valence-electron chi connectivity index (χ4n) is 4.00. The summed E-state index contributed by atoms with van der Waals surface area (Å²) in [6.07, 6.45) is 3.48. The Morgan fingerprint density at radius 2 is 1.45 bits per heavy atom. The lowest BCUT2D eigenvalue weighted by molar-refractivity contribution is -0.116. The zero-order chi connectivity index (χ0) is 34.2. The van der Waals surface area contributed by atoms with E-state index in [1.807, 2.05) is 0 Å². The first-order chi connectivity index (χ1) is 22.4. The number of alkyl halides is 1. The van der Waals surface area contributed by atoms with Gasteiger partial charge in [0, 0.05) is 26.7 Å². The van der Waals surface area contributed by atoms with Crippen molar-refractivity contribution in [2.24, 2.45) is 19.1 Å². The predicted molar refractivity (Wildman–Crippen MR) is 182 cm³/mol. The molecule has 17 nitrogen and oxygen atoms in total. The van der Waals surface area contributed by atoms with Crippen LogP contribution < -0.4 is 33.1 Å². The number of carbonyl (C=O) groups is 2. The standard InChI is InChI=1S/C13H11BrN6O3.C7H6BrClN2O.C7H7N3O2/c1-19-11-10(12(22)18-13(19)23)20(6-15-11)5-9(21)17-8-4-2-3-7(14)16-8;8-5-2-1-3-6(10-5)11-7(12)4-9;1-10-5-4(2-3-8-5)6(11)9-7(10)12/h2-4,6H,5H2,1H3,(H,16,17,21)(H,18,22,23);1-3H,4H2,(H,10,11,12);3H,2H2,1H3,(H,9,11,12). The lowest BCUT2D eigenvalue weighted by atomic mass is 10.2. The van der Waals surface area contributed by atoms with Crippen molar-refractivity contribution in [3.05, 3.63) is 99.2 Å². The molecule has 0 spiro atoms. The van der Waals surface area contributed by atoms with Crippen LogP contribution in [0.25, 0.3) is 11.2 Å². The van der Waals surface area contributed by atoms with Crippen LogP contribution in [0.1, 0.15) is 5.56 Å². The van der Waals surface area contributed by atoms with Crippen LogP contribution in [-0.4, -0.2) is 62.5 Å². The summed E-state index contributed by atoms with van der Waals surface area (Å²) in [5.74, 6) is 0.660. The number of aromatic amines is 2. The van der Waals surface area contributed by atoms with Crippen molar-refractivity contribution in [2.75, 3.05) is 16.5 Å². The van der Waals surface area contributed by atoms with E-state index in [-0.39, 0.29) is 41.0 Å². The second kappa shape index (κ2) is 15.5. The highest BCUT2D eigenvalue weighted by Gasteiger charge is 2.15. The number of aryl methyl sites for hydroxylation is 1. The number of hydrogen-bond donors (Lipinski definition) is 4. The molecule has 20 heteroatoms. The summed E-state index contributed by atoms with van der Waals surface area (Å²) in [6, 6.07) is 10.4. The van der Waals surface area contributed by atoms with E-state index in [4.69, 9.17) is 11.6 Å². The molecule has 0 bridgehead atoms. The van der Waals surface area contributed by atoms with Crippen LogP contribution in [0.4, 0.5) is 17.5 Å². The van der Waals surface area contributed by atoms with Gasteiger partial charge in [0.2, 0.25) is 11.8 Å². The zero-order valence-corrected chi connectivity index (χ0v) is 28.4. The molecular weight excluding hydrogens is 770 g/mol. The maximum absolute atomic E-state index is 12.1. The molecule has 0 aromatic carbocycles. The third-order valence-corrected chi connectivity index (χ3v) is 7.30. The lowest BCUT2D eigenvalue weighted by Gasteiger charge is -2.06. The van der Waals surface area contributed by atoms with Crippen LogP contribution in [0, 0.1) is 0 Å². The predicted octanol–water partition coefficient (Wildman–Crippen LogP) is 1.57. The topological polar surface area (TPSA) is 224 Å². The van der Waals surface area contributed by atoms with Gasteiger partial charge in [-0.25, -0.2) is 29.5 Å². The van der Waals surface area contributed by atoms with E-state index in [1.54, 1.807) is 49.7 Å². The first kappa shape index (κ1) is 34.9. The van der Waals surface area contributed by atoms with E-state index in [1.165, 1.54) is 27.1 Å². The quantitative estimate of drug-likeness (QED) is 0.150. The van der Waals surface area contributed by atoms with Gasteiger partial charge < -0.3 is 15.2 Å². The number of rotatable bonds is 5. The number of H-pyrrole nitrogens is 2. The molecule has 47 heavy (non-hydrogen) atoms. The minimum atomic E-state index is -0.589. The molecule has 0 radical (unpaired) electrons. The van der Waals surface area contributed by atoms with Crippen LogP contribution in [0.5, 0.6) is 0 Å². The molecule has 2 amide bonds. The van der Waals surface area contributed by atoms with Crippen molar-refractivity contribution in [2.45, 2.75) is 13.0 Å². The second-order valence-corrected chi connectivity index (χ2v) is 11.3. The SMILES string of the molecule is Cn1c(=O)[nH]c(=O)c2c1ncn2CC(=O)Nc1cccc(Br)n1.Cn1c2c(c(=O)[nH]c1=O)CC=N2.O=C(CCl)Nc1cccc(Br)n1. The Hall–Kier alpha value is -5.01. The molecule has 6 rings (SSSR count). The van der Waals surface area contributed by atoms with E-state index in [2.05, 4.69) is 72.4 Å². The molecule has 0 saturated carbocycles. The number of halogens is 3. The highest BCUT2D eigenvalue weighted by molar-refractivity contribution is 9.10. The number of fused-ring (bicyclic) bond motifs is 2. The van der Waals surface area contributed by atoms with Gasteiger partial charge in [0.25, 0.3) is 11.1 Å². The molecule has 4 N–H and O–H groups in total. The third-order valence-electron chi connectivity index (χ3n) is 6.17. The normalized spacial score (nSPS) is 11.2. The van der Waals surface area contributed by atoms with Crippen molar-refractivity contribution in [3.8, 4) is 0 Å². The van der Waals surface area contributed by atoms with Crippen LogP contribution in [0.15, 0.2) is 76.1 Å². The number of nitrogens with one attached hydrogen (secondary N) is 4. The summed E-state index contributed by atoms with van der Waals surface area (Å²) < 4.78 is 5.19. The fraction of sp³-hybridized carbons (Fsp3) is 0.185. The molecule has 5 aromatic rings. The number of carbonyl (C=O) groups excluding carboxylic acids is 2. The molecule has 0 atom stereocenters. The minimum absolute atomic E-state index is 0.0613. The van der Waals surface area contributed by atoms with Crippen molar-refractivity contribution in [3.63, 3.8) is 0 Å². The number of hydrogen-bond acceptors (Lipinski definition) is 10. The molecule has 244 valence electrons. The average Bonchev–Trinajstić information content (AvgIpc) is 3.68. The number of amides is 2. The zero-order valence-electron chi connectivity index (χ0n) is 24.5. The Bertz CT molecular complexity index is 2240. The second-order valence-electron chi connectivity index (χ2n) is 9.42. The molecule has 0 unspecified atom stereocenters. The smallest absolute Gasteiger partial charge is 0.315 e. The van der Waals surface area contributed by atoms with Gasteiger partial charge in [-0.2, -0.15) is 0 Å². The van der Waals surface area contributed by atoms with Crippen LogP contribution in [-0.2, 0) is 36.6 Å². The summed E-state index contributed by atoms with van der Waals surface area (Å²) in [4.78, 5) is 89.0. The Morgan fingerprint density at radius 3 is 2.04 bits per heavy atom. The van der Waals surface area contributed by atoms with Gasteiger partial charge in [-0.3, -0.25) is 38.3 Å². The Labute approximate surface area is 285 Å². The highest BCUT2D eigenvalue weighted by atomic mass is 79.9. The van der Waals surface area contributed by atoms with Crippen molar-refractivity contribution in [1.82, 2.24) is 38.6 Å². The maximum Gasteiger partial charge on any atom is 0.329 e. The van der Waals surface area contributed by atoms with E-state index < -0.39 is 16.9 Å². The maximum atomic E-state index is 12.1. The largest absolute Gasteiger partial charge is 0.329 e. The van der Waals surface area contributed by atoms with Crippen molar-refractivity contribution >= 4 is 90.1 Å². The highest BCUT2D eigenvalue weighted by Crippen LogP contribution is 2.16. The van der Waals surface area contributed by atoms with Crippen molar-refractivity contribution in [1.29, 1.82) is 0 Å². The molecule has 1 aliphatic rings. The van der Waals surface area contributed by atoms with Crippen molar-refractivity contribution < 1.29 is 9.59 Å². The summed E-state index contributed by atoms with van der Waals surface area (Å²) in [6.45, 7) is -0.133. The number of pyridine rings is 2.